The van der Waals surface area contributed by atoms with E-state index in [4.69, 9.17) is 15.6 Å². The SMILES string of the molecule is C#CCOc1ccc(Br)cc1CNCc1ccoc1. The summed E-state index contributed by atoms with van der Waals surface area (Å²) in [6.45, 7) is 1.72. The summed E-state index contributed by atoms with van der Waals surface area (Å²) in [5.74, 6) is 3.28. The first kappa shape index (κ1) is 13.7. The van der Waals surface area contributed by atoms with E-state index in [1.54, 1.807) is 12.5 Å². The summed E-state index contributed by atoms with van der Waals surface area (Å²) >= 11 is 3.46. The predicted molar refractivity (Wildman–Crippen MR) is 77.7 cm³/mol. The number of rotatable bonds is 6. The Morgan fingerprint density at radius 3 is 2.95 bits per heavy atom. The topological polar surface area (TPSA) is 34.4 Å². The van der Waals surface area contributed by atoms with Crippen LogP contribution in [-0.2, 0) is 13.1 Å². The number of hydrogen-bond acceptors (Lipinski definition) is 3. The Hall–Kier alpha value is -1.70. The van der Waals surface area contributed by atoms with Crippen molar-refractivity contribution in [3.63, 3.8) is 0 Å². The van der Waals surface area contributed by atoms with Gasteiger partial charge in [0.2, 0.25) is 0 Å². The van der Waals surface area contributed by atoms with Gasteiger partial charge in [0.15, 0.2) is 0 Å². The molecule has 1 heterocycles. The normalized spacial score (nSPS) is 10.1. The Bertz CT molecular complexity index is 558. The van der Waals surface area contributed by atoms with Crippen molar-refractivity contribution in [2.75, 3.05) is 6.61 Å². The minimum Gasteiger partial charge on any atom is -0.481 e. The molecule has 0 aliphatic heterocycles. The van der Waals surface area contributed by atoms with Crippen molar-refractivity contribution < 1.29 is 9.15 Å². The van der Waals surface area contributed by atoms with E-state index in [2.05, 4.69) is 27.2 Å². The van der Waals surface area contributed by atoms with Crippen LogP contribution in [0.3, 0.4) is 0 Å². The minimum atomic E-state index is 0.274. The first-order valence-electron chi connectivity index (χ1n) is 5.86. The fourth-order valence-electron chi connectivity index (χ4n) is 1.68. The van der Waals surface area contributed by atoms with Crippen LogP contribution in [0.1, 0.15) is 11.1 Å². The average molecular weight is 320 g/mol. The van der Waals surface area contributed by atoms with Crippen LogP contribution in [0.2, 0.25) is 0 Å². The number of furan rings is 1. The highest BCUT2D eigenvalue weighted by Gasteiger charge is 2.04. The number of halogens is 1. The van der Waals surface area contributed by atoms with E-state index in [0.29, 0.717) is 6.54 Å². The van der Waals surface area contributed by atoms with Crippen LogP contribution in [0.5, 0.6) is 5.75 Å². The maximum Gasteiger partial charge on any atom is 0.148 e. The van der Waals surface area contributed by atoms with Crippen molar-refractivity contribution in [1.29, 1.82) is 0 Å². The molecule has 0 saturated carbocycles. The number of benzene rings is 1. The third kappa shape index (κ3) is 4.16. The quantitative estimate of drug-likeness (QED) is 0.829. The molecule has 0 atom stereocenters. The molecule has 0 saturated heterocycles. The van der Waals surface area contributed by atoms with Crippen molar-refractivity contribution in [3.8, 4) is 18.1 Å². The fourth-order valence-corrected chi connectivity index (χ4v) is 2.09. The Kier molecular flexibility index (Phi) is 5.08. The van der Waals surface area contributed by atoms with Crippen LogP contribution in [0.4, 0.5) is 0 Å². The van der Waals surface area contributed by atoms with Gasteiger partial charge < -0.3 is 14.5 Å². The Morgan fingerprint density at radius 2 is 2.21 bits per heavy atom. The van der Waals surface area contributed by atoms with Crippen molar-refractivity contribution >= 4 is 15.9 Å². The van der Waals surface area contributed by atoms with Gasteiger partial charge in [0.1, 0.15) is 12.4 Å². The molecule has 0 aliphatic rings. The maximum atomic E-state index is 5.51. The molecule has 0 bridgehead atoms. The van der Waals surface area contributed by atoms with Gasteiger partial charge in [-0.25, -0.2) is 0 Å². The molecule has 0 amide bonds. The monoisotopic (exact) mass is 319 g/mol. The minimum absolute atomic E-state index is 0.274. The second kappa shape index (κ2) is 7.03. The van der Waals surface area contributed by atoms with E-state index >= 15 is 0 Å². The summed E-state index contributed by atoms with van der Waals surface area (Å²) in [6.07, 6.45) is 8.60. The Labute approximate surface area is 121 Å². The molecule has 1 aromatic carbocycles. The number of hydrogen-bond donors (Lipinski definition) is 1. The lowest BCUT2D eigenvalue weighted by atomic mass is 10.2. The lowest BCUT2D eigenvalue weighted by Crippen LogP contribution is -2.13. The van der Waals surface area contributed by atoms with Gasteiger partial charge in [0, 0.05) is 28.7 Å². The summed E-state index contributed by atoms with van der Waals surface area (Å²) in [7, 11) is 0. The standard InChI is InChI=1S/C15H14BrNO2/c1-2-6-19-15-4-3-14(16)8-13(15)10-17-9-12-5-7-18-11-12/h1,3-5,7-8,11,17H,6,9-10H2. The molecule has 0 fully saturated rings. The van der Waals surface area contributed by atoms with Gasteiger partial charge in [-0.2, -0.15) is 0 Å². The van der Waals surface area contributed by atoms with Gasteiger partial charge in [-0.15, -0.1) is 6.42 Å². The summed E-state index contributed by atoms with van der Waals surface area (Å²) < 4.78 is 11.5. The molecule has 0 aliphatic carbocycles. The third-order valence-corrected chi connectivity index (χ3v) is 3.05. The largest absolute Gasteiger partial charge is 0.481 e. The highest BCUT2D eigenvalue weighted by Crippen LogP contribution is 2.23. The predicted octanol–water partition coefficient (Wildman–Crippen LogP) is 3.34. The summed E-state index contributed by atoms with van der Waals surface area (Å²) in [5.41, 5.74) is 2.18. The molecule has 2 rings (SSSR count). The summed E-state index contributed by atoms with van der Waals surface area (Å²) in [4.78, 5) is 0. The highest BCUT2D eigenvalue weighted by atomic mass is 79.9. The molecule has 0 unspecified atom stereocenters. The molecule has 19 heavy (non-hydrogen) atoms. The number of terminal acetylenes is 1. The van der Waals surface area contributed by atoms with Gasteiger partial charge >= 0.3 is 0 Å². The van der Waals surface area contributed by atoms with Crippen molar-refractivity contribution in [1.82, 2.24) is 5.32 Å². The summed E-state index contributed by atoms with van der Waals surface area (Å²) in [5, 5.41) is 3.34. The van der Waals surface area contributed by atoms with E-state index in [-0.39, 0.29) is 6.61 Å². The first-order chi connectivity index (χ1) is 9.29. The molecule has 4 heteroatoms. The van der Waals surface area contributed by atoms with E-state index in [0.717, 1.165) is 27.9 Å². The molecule has 1 aromatic heterocycles. The lowest BCUT2D eigenvalue weighted by molar-refractivity contribution is 0.364. The molecule has 98 valence electrons. The fraction of sp³-hybridized carbons (Fsp3) is 0.200. The van der Waals surface area contributed by atoms with Gasteiger partial charge in [-0.05, 0) is 24.3 Å². The molecular weight excluding hydrogens is 306 g/mol. The summed E-state index contributed by atoms with van der Waals surface area (Å²) in [6, 6.07) is 7.81. The zero-order chi connectivity index (χ0) is 13.5. The molecule has 3 nitrogen and oxygen atoms in total. The van der Waals surface area contributed by atoms with E-state index in [1.807, 2.05) is 24.3 Å². The first-order valence-corrected chi connectivity index (χ1v) is 6.65. The third-order valence-electron chi connectivity index (χ3n) is 2.56. The van der Waals surface area contributed by atoms with Gasteiger partial charge in [0.05, 0.1) is 12.5 Å². The van der Waals surface area contributed by atoms with Gasteiger partial charge in [-0.1, -0.05) is 21.9 Å². The van der Waals surface area contributed by atoms with Crippen molar-refractivity contribution in [2.45, 2.75) is 13.1 Å². The molecule has 0 spiro atoms. The molecule has 2 aromatic rings. The second-order valence-corrected chi connectivity index (χ2v) is 4.90. The molecular formula is C15H14BrNO2. The smallest absolute Gasteiger partial charge is 0.148 e. The lowest BCUT2D eigenvalue weighted by Gasteiger charge is -2.11. The molecule has 1 N–H and O–H groups in total. The van der Waals surface area contributed by atoms with Gasteiger partial charge in [-0.3, -0.25) is 0 Å². The zero-order valence-electron chi connectivity index (χ0n) is 10.4. The van der Waals surface area contributed by atoms with E-state index in [9.17, 15) is 0 Å². The second-order valence-electron chi connectivity index (χ2n) is 3.98. The average Bonchev–Trinajstić information content (AvgIpc) is 2.91. The van der Waals surface area contributed by atoms with Crippen LogP contribution in [0, 0.1) is 12.3 Å². The zero-order valence-corrected chi connectivity index (χ0v) is 11.9. The van der Waals surface area contributed by atoms with Gasteiger partial charge in [0.25, 0.3) is 0 Å². The van der Waals surface area contributed by atoms with Crippen LogP contribution in [0.25, 0.3) is 0 Å². The van der Waals surface area contributed by atoms with Crippen LogP contribution >= 0.6 is 15.9 Å². The Balaban J connectivity index is 1.97. The number of nitrogens with one attached hydrogen (secondary N) is 1. The van der Waals surface area contributed by atoms with Crippen molar-refractivity contribution in [3.05, 3.63) is 52.4 Å². The van der Waals surface area contributed by atoms with E-state index in [1.165, 1.54) is 0 Å². The number of ether oxygens (including phenoxy) is 1. The van der Waals surface area contributed by atoms with E-state index < -0.39 is 0 Å². The van der Waals surface area contributed by atoms with Crippen LogP contribution in [-0.4, -0.2) is 6.61 Å². The van der Waals surface area contributed by atoms with Crippen LogP contribution in [0.15, 0.2) is 45.7 Å². The highest BCUT2D eigenvalue weighted by molar-refractivity contribution is 9.10. The van der Waals surface area contributed by atoms with Crippen molar-refractivity contribution in [2.24, 2.45) is 0 Å². The maximum absolute atomic E-state index is 5.51. The van der Waals surface area contributed by atoms with Crippen LogP contribution < -0.4 is 10.1 Å². The Morgan fingerprint density at radius 1 is 1.32 bits per heavy atom. The molecule has 0 radical (unpaired) electrons.